The minimum atomic E-state index is 0.581. The van der Waals surface area contributed by atoms with Gasteiger partial charge in [0, 0.05) is 16.3 Å². The summed E-state index contributed by atoms with van der Waals surface area (Å²) in [6.07, 6.45) is 0.944. The van der Waals surface area contributed by atoms with Crippen LogP contribution in [0.2, 0.25) is 5.02 Å². The van der Waals surface area contributed by atoms with Crippen molar-refractivity contribution < 1.29 is 0 Å². The molecule has 1 heterocycles. The van der Waals surface area contributed by atoms with Gasteiger partial charge in [-0.3, -0.25) is 0 Å². The standard InChI is InChI=1S/C13H15ClN2S2/c1-2-10-12(7-15)18-13(16-10)8-17-11-6-4-3-5-9(11)14/h3-6H,2,7-8,15H2,1H3. The second-order valence-electron chi connectivity index (χ2n) is 3.75. The fourth-order valence-corrected chi connectivity index (χ4v) is 3.90. The van der Waals surface area contributed by atoms with Crippen molar-refractivity contribution in [3.8, 4) is 0 Å². The van der Waals surface area contributed by atoms with Gasteiger partial charge in [-0.15, -0.1) is 23.1 Å². The topological polar surface area (TPSA) is 38.9 Å². The number of hydrogen-bond acceptors (Lipinski definition) is 4. The maximum absolute atomic E-state index is 6.12. The zero-order chi connectivity index (χ0) is 13.0. The van der Waals surface area contributed by atoms with E-state index in [4.69, 9.17) is 17.3 Å². The summed E-state index contributed by atoms with van der Waals surface area (Å²) in [6, 6.07) is 7.88. The highest BCUT2D eigenvalue weighted by molar-refractivity contribution is 7.98. The molecule has 0 aliphatic heterocycles. The van der Waals surface area contributed by atoms with Crippen LogP contribution in [0.5, 0.6) is 0 Å². The largest absolute Gasteiger partial charge is 0.326 e. The van der Waals surface area contributed by atoms with E-state index in [2.05, 4.69) is 11.9 Å². The number of halogens is 1. The third-order valence-corrected chi connectivity index (χ3v) is 5.36. The Morgan fingerprint density at radius 2 is 2.17 bits per heavy atom. The van der Waals surface area contributed by atoms with Gasteiger partial charge >= 0.3 is 0 Å². The molecule has 0 amide bonds. The van der Waals surface area contributed by atoms with Gasteiger partial charge in [0.1, 0.15) is 5.01 Å². The predicted molar refractivity (Wildman–Crippen MR) is 80.4 cm³/mol. The third kappa shape index (κ3) is 3.26. The van der Waals surface area contributed by atoms with Crippen LogP contribution in [0.15, 0.2) is 29.2 Å². The molecular formula is C13H15ClN2S2. The van der Waals surface area contributed by atoms with Gasteiger partial charge in [-0.2, -0.15) is 0 Å². The lowest BCUT2D eigenvalue weighted by molar-refractivity contribution is 0.978. The van der Waals surface area contributed by atoms with Crippen LogP contribution in [-0.4, -0.2) is 4.98 Å². The van der Waals surface area contributed by atoms with Crippen LogP contribution < -0.4 is 5.73 Å². The van der Waals surface area contributed by atoms with Crippen molar-refractivity contribution >= 4 is 34.7 Å². The second kappa shape index (κ2) is 6.57. The molecule has 0 fully saturated rings. The van der Waals surface area contributed by atoms with Crippen molar-refractivity contribution in [1.29, 1.82) is 0 Å². The highest BCUT2D eigenvalue weighted by Gasteiger charge is 2.09. The summed E-state index contributed by atoms with van der Waals surface area (Å²) in [7, 11) is 0. The number of hydrogen-bond donors (Lipinski definition) is 1. The minimum Gasteiger partial charge on any atom is -0.326 e. The van der Waals surface area contributed by atoms with Crippen molar-refractivity contribution in [2.24, 2.45) is 5.73 Å². The summed E-state index contributed by atoms with van der Waals surface area (Å²) in [5.74, 6) is 0.849. The van der Waals surface area contributed by atoms with E-state index >= 15 is 0 Å². The summed E-state index contributed by atoms with van der Waals surface area (Å²) >= 11 is 9.55. The molecule has 0 aliphatic carbocycles. The average Bonchev–Trinajstić information content (AvgIpc) is 2.80. The Kier molecular flexibility index (Phi) is 5.06. The summed E-state index contributed by atoms with van der Waals surface area (Å²) in [5, 5.41) is 1.92. The quantitative estimate of drug-likeness (QED) is 0.844. The molecule has 96 valence electrons. The first kappa shape index (κ1) is 13.9. The van der Waals surface area contributed by atoms with E-state index in [0.717, 1.165) is 32.8 Å². The molecule has 0 atom stereocenters. The van der Waals surface area contributed by atoms with E-state index in [1.54, 1.807) is 23.1 Å². The Labute approximate surface area is 121 Å². The maximum atomic E-state index is 6.12. The Balaban J connectivity index is 2.06. The van der Waals surface area contributed by atoms with Gasteiger partial charge in [-0.1, -0.05) is 30.7 Å². The van der Waals surface area contributed by atoms with Gasteiger partial charge in [0.2, 0.25) is 0 Å². The lowest BCUT2D eigenvalue weighted by Crippen LogP contribution is -1.96. The Morgan fingerprint density at radius 3 is 2.78 bits per heavy atom. The summed E-state index contributed by atoms with van der Waals surface area (Å²) in [6.45, 7) is 2.69. The van der Waals surface area contributed by atoms with E-state index < -0.39 is 0 Å². The van der Waals surface area contributed by atoms with Crippen LogP contribution in [0.1, 0.15) is 22.5 Å². The molecule has 1 aromatic carbocycles. The average molecular weight is 299 g/mol. The molecule has 0 saturated heterocycles. The molecule has 2 aromatic rings. The molecule has 0 bridgehead atoms. The van der Waals surface area contributed by atoms with E-state index in [1.165, 1.54) is 4.88 Å². The predicted octanol–water partition coefficient (Wildman–Crippen LogP) is 4.11. The molecule has 2 rings (SSSR count). The molecule has 2 nitrogen and oxygen atoms in total. The molecular weight excluding hydrogens is 284 g/mol. The number of nitrogens with zero attached hydrogens (tertiary/aromatic N) is 1. The highest BCUT2D eigenvalue weighted by Crippen LogP contribution is 2.31. The number of thiazole rings is 1. The third-order valence-electron chi connectivity index (χ3n) is 2.53. The SMILES string of the molecule is CCc1nc(CSc2ccccc2Cl)sc1CN. The van der Waals surface area contributed by atoms with E-state index in [9.17, 15) is 0 Å². The molecule has 0 unspecified atom stereocenters. The van der Waals surface area contributed by atoms with Crippen LogP contribution in [0, 0.1) is 0 Å². The number of aromatic nitrogens is 1. The van der Waals surface area contributed by atoms with E-state index in [1.807, 2.05) is 24.3 Å². The van der Waals surface area contributed by atoms with Gasteiger partial charge in [-0.25, -0.2) is 4.98 Å². The number of rotatable bonds is 5. The molecule has 2 N–H and O–H groups in total. The Bertz CT molecular complexity index is 504. The molecule has 0 spiro atoms. The van der Waals surface area contributed by atoms with Crippen molar-refractivity contribution in [3.05, 3.63) is 44.9 Å². The number of aryl methyl sites for hydroxylation is 1. The molecule has 0 saturated carbocycles. The van der Waals surface area contributed by atoms with Crippen LogP contribution in [0.25, 0.3) is 0 Å². The number of thioether (sulfide) groups is 1. The van der Waals surface area contributed by atoms with Crippen molar-refractivity contribution in [1.82, 2.24) is 4.98 Å². The smallest absolute Gasteiger partial charge is 0.103 e. The molecule has 18 heavy (non-hydrogen) atoms. The fraction of sp³-hybridized carbons (Fsp3) is 0.308. The molecule has 0 aliphatic rings. The van der Waals surface area contributed by atoms with Gasteiger partial charge in [0.05, 0.1) is 16.5 Å². The minimum absolute atomic E-state index is 0.581. The van der Waals surface area contributed by atoms with Crippen LogP contribution in [-0.2, 0) is 18.7 Å². The fourth-order valence-electron chi connectivity index (χ4n) is 1.64. The summed E-state index contributed by atoms with van der Waals surface area (Å²) in [5.41, 5.74) is 6.85. The Morgan fingerprint density at radius 1 is 1.39 bits per heavy atom. The van der Waals surface area contributed by atoms with Crippen molar-refractivity contribution in [2.45, 2.75) is 30.5 Å². The zero-order valence-corrected chi connectivity index (χ0v) is 12.5. The van der Waals surface area contributed by atoms with E-state index in [-0.39, 0.29) is 0 Å². The van der Waals surface area contributed by atoms with Crippen molar-refractivity contribution in [3.63, 3.8) is 0 Å². The lowest BCUT2D eigenvalue weighted by atomic mass is 10.3. The summed E-state index contributed by atoms with van der Waals surface area (Å²) < 4.78 is 0. The Hall–Kier alpha value is -0.550. The molecule has 5 heteroatoms. The number of benzene rings is 1. The summed E-state index contributed by atoms with van der Waals surface area (Å²) in [4.78, 5) is 6.92. The van der Waals surface area contributed by atoms with Gasteiger partial charge in [0.25, 0.3) is 0 Å². The molecule has 0 radical (unpaired) electrons. The maximum Gasteiger partial charge on any atom is 0.103 e. The van der Waals surface area contributed by atoms with Crippen LogP contribution in [0.4, 0.5) is 0 Å². The van der Waals surface area contributed by atoms with Crippen LogP contribution in [0.3, 0.4) is 0 Å². The van der Waals surface area contributed by atoms with Gasteiger partial charge < -0.3 is 5.73 Å². The normalized spacial score (nSPS) is 10.8. The van der Waals surface area contributed by atoms with Gasteiger partial charge in [-0.05, 0) is 18.6 Å². The molecule has 1 aromatic heterocycles. The van der Waals surface area contributed by atoms with E-state index in [0.29, 0.717) is 6.54 Å². The number of nitrogens with two attached hydrogens (primary N) is 1. The monoisotopic (exact) mass is 298 g/mol. The highest BCUT2D eigenvalue weighted by atomic mass is 35.5. The first-order valence-corrected chi connectivity index (χ1v) is 7.97. The van der Waals surface area contributed by atoms with Gasteiger partial charge in [0.15, 0.2) is 0 Å². The lowest BCUT2D eigenvalue weighted by Gasteiger charge is -2.01. The first-order chi connectivity index (χ1) is 8.74. The zero-order valence-electron chi connectivity index (χ0n) is 10.1. The van der Waals surface area contributed by atoms with Crippen molar-refractivity contribution in [2.75, 3.05) is 0 Å². The van der Waals surface area contributed by atoms with Crippen LogP contribution >= 0.6 is 34.7 Å². The first-order valence-electron chi connectivity index (χ1n) is 5.79. The second-order valence-corrected chi connectivity index (χ2v) is 6.35.